The molecule has 1 heterocycles. The highest BCUT2D eigenvalue weighted by atomic mass is 16.3. The molecule has 0 bridgehead atoms. The standard InChI is InChI=1S/C14H24N2O/c1-12(17)10-13-4-2-3-9-16(13)11-14(5-6-14)7-8-15/h12-13,17H,2-7,9-11H2,1H3. The lowest BCUT2D eigenvalue weighted by Gasteiger charge is -2.38. The fourth-order valence-electron chi connectivity index (χ4n) is 3.09. The molecule has 2 unspecified atom stereocenters. The van der Waals surface area contributed by atoms with E-state index in [-0.39, 0.29) is 6.10 Å². The molecular weight excluding hydrogens is 212 g/mol. The Morgan fingerprint density at radius 3 is 2.82 bits per heavy atom. The van der Waals surface area contributed by atoms with Crippen molar-refractivity contribution in [2.45, 2.75) is 64.0 Å². The highest BCUT2D eigenvalue weighted by Crippen LogP contribution is 2.49. The fourth-order valence-corrected chi connectivity index (χ4v) is 3.09. The molecule has 3 nitrogen and oxygen atoms in total. The Morgan fingerprint density at radius 1 is 1.47 bits per heavy atom. The summed E-state index contributed by atoms with van der Waals surface area (Å²) in [6.45, 7) is 4.12. The summed E-state index contributed by atoms with van der Waals surface area (Å²) in [6, 6.07) is 2.88. The highest BCUT2D eigenvalue weighted by Gasteiger charge is 2.44. The van der Waals surface area contributed by atoms with Crippen molar-refractivity contribution in [1.29, 1.82) is 5.26 Å². The predicted octanol–water partition coefficient (Wildman–Crippen LogP) is 2.31. The summed E-state index contributed by atoms with van der Waals surface area (Å²) in [5, 5.41) is 18.4. The monoisotopic (exact) mass is 236 g/mol. The molecule has 1 saturated heterocycles. The van der Waals surface area contributed by atoms with E-state index < -0.39 is 0 Å². The van der Waals surface area contributed by atoms with Crippen LogP contribution in [0, 0.1) is 16.7 Å². The average molecular weight is 236 g/mol. The summed E-state index contributed by atoms with van der Waals surface area (Å²) >= 11 is 0. The molecule has 0 spiro atoms. The summed E-state index contributed by atoms with van der Waals surface area (Å²) in [4.78, 5) is 2.54. The molecule has 0 aromatic heterocycles. The summed E-state index contributed by atoms with van der Waals surface area (Å²) < 4.78 is 0. The number of rotatable bonds is 5. The van der Waals surface area contributed by atoms with Crippen LogP contribution in [0.1, 0.15) is 51.9 Å². The van der Waals surface area contributed by atoms with Crippen LogP contribution in [-0.2, 0) is 0 Å². The molecule has 96 valence electrons. The first kappa shape index (κ1) is 12.9. The minimum Gasteiger partial charge on any atom is -0.393 e. The van der Waals surface area contributed by atoms with Crippen molar-refractivity contribution in [3.8, 4) is 6.07 Å². The maximum absolute atomic E-state index is 9.56. The van der Waals surface area contributed by atoms with E-state index >= 15 is 0 Å². The second kappa shape index (κ2) is 5.37. The largest absolute Gasteiger partial charge is 0.393 e. The van der Waals surface area contributed by atoms with E-state index in [2.05, 4.69) is 11.0 Å². The first-order chi connectivity index (χ1) is 8.15. The van der Waals surface area contributed by atoms with Crippen LogP contribution in [0.15, 0.2) is 0 Å². The van der Waals surface area contributed by atoms with Crippen molar-refractivity contribution in [3.63, 3.8) is 0 Å². The van der Waals surface area contributed by atoms with Crippen LogP contribution in [0.25, 0.3) is 0 Å². The van der Waals surface area contributed by atoms with E-state index in [1.807, 2.05) is 6.92 Å². The summed E-state index contributed by atoms with van der Waals surface area (Å²) in [5.41, 5.74) is 0.309. The normalized spacial score (nSPS) is 29.6. The third-order valence-corrected chi connectivity index (χ3v) is 4.31. The Kier molecular flexibility index (Phi) is 4.06. The maximum atomic E-state index is 9.56. The van der Waals surface area contributed by atoms with E-state index in [0.29, 0.717) is 17.9 Å². The van der Waals surface area contributed by atoms with Gasteiger partial charge in [-0.2, -0.15) is 5.26 Å². The number of nitrogens with zero attached hydrogens (tertiary/aromatic N) is 2. The average Bonchev–Trinajstić information content (AvgIpc) is 3.01. The topological polar surface area (TPSA) is 47.3 Å². The lowest BCUT2D eigenvalue weighted by atomic mass is 9.94. The number of hydrogen-bond acceptors (Lipinski definition) is 3. The molecule has 2 atom stereocenters. The minimum absolute atomic E-state index is 0.202. The van der Waals surface area contributed by atoms with Gasteiger partial charge in [0.15, 0.2) is 0 Å². The van der Waals surface area contributed by atoms with Crippen LogP contribution in [-0.4, -0.2) is 35.2 Å². The van der Waals surface area contributed by atoms with E-state index in [9.17, 15) is 5.11 Å². The Morgan fingerprint density at radius 2 is 2.24 bits per heavy atom. The summed E-state index contributed by atoms with van der Waals surface area (Å²) in [7, 11) is 0. The molecule has 1 aliphatic carbocycles. The molecule has 2 rings (SSSR count). The Balaban J connectivity index is 1.90. The van der Waals surface area contributed by atoms with Gasteiger partial charge >= 0.3 is 0 Å². The highest BCUT2D eigenvalue weighted by molar-refractivity contribution is 5.02. The van der Waals surface area contributed by atoms with Gasteiger partial charge in [0.1, 0.15) is 0 Å². The van der Waals surface area contributed by atoms with Crippen LogP contribution < -0.4 is 0 Å². The summed E-state index contributed by atoms with van der Waals surface area (Å²) in [5.74, 6) is 0. The van der Waals surface area contributed by atoms with Crippen LogP contribution in [0.2, 0.25) is 0 Å². The number of aliphatic hydroxyl groups excluding tert-OH is 1. The second-order valence-electron chi connectivity index (χ2n) is 6.04. The molecule has 0 radical (unpaired) electrons. The van der Waals surface area contributed by atoms with Gasteiger partial charge in [0, 0.05) is 19.0 Å². The van der Waals surface area contributed by atoms with Crippen molar-refractivity contribution in [3.05, 3.63) is 0 Å². The van der Waals surface area contributed by atoms with Crippen LogP contribution in [0.5, 0.6) is 0 Å². The third kappa shape index (κ3) is 3.43. The van der Waals surface area contributed by atoms with Crippen molar-refractivity contribution in [2.24, 2.45) is 5.41 Å². The first-order valence-corrected chi connectivity index (χ1v) is 6.94. The molecule has 2 aliphatic rings. The Hall–Kier alpha value is -0.590. The van der Waals surface area contributed by atoms with Crippen molar-refractivity contribution in [1.82, 2.24) is 4.90 Å². The smallest absolute Gasteiger partial charge is 0.0628 e. The molecule has 17 heavy (non-hydrogen) atoms. The zero-order chi connectivity index (χ0) is 12.3. The van der Waals surface area contributed by atoms with E-state index in [0.717, 1.165) is 19.5 Å². The van der Waals surface area contributed by atoms with Crippen molar-refractivity contribution >= 4 is 0 Å². The summed E-state index contributed by atoms with van der Waals surface area (Å²) in [6.07, 6.45) is 7.63. The van der Waals surface area contributed by atoms with E-state index in [4.69, 9.17) is 5.26 Å². The first-order valence-electron chi connectivity index (χ1n) is 6.94. The molecule has 1 N–H and O–H groups in total. The lowest BCUT2D eigenvalue weighted by molar-refractivity contribution is 0.0718. The second-order valence-corrected chi connectivity index (χ2v) is 6.04. The van der Waals surface area contributed by atoms with Gasteiger partial charge in [-0.3, -0.25) is 4.90 Å². The maximum Gasteiger partial charge on any atom is 0.0628 e. The number of hydrogen-bond donors (Lipinski definition) is 1. The van der Waals surface area contributed by atoms with Crippen LogP contribution >= 0.6 is 0 Å². The quantitative estimate of drug-likeness (QED) is 0.797. The number of nitriles is 1. The van der Waals surface area contributed by atoms with Crippen LogP contribution in [0.3, 0.4) is 0 Å². The Bertz CT molecular complexity index is 291. The van der Waals surface area contributed by atoms with Gasteiger partial charge in [-0.05, 0) is 51.0 Å². The van der Waals surface area contributed by atoms with Crippen molar-refractivity contribution < 1.29 is 5.11 Å². The fraction of sp³-hybridized carbons (Fsp3) is 0.929. The van der Waals surface area contributed by atoms with Gasteiger partial charge in [-0.25, -0.2) is 0 Å². The zero-order valence-corrected chi connectivity index (χ0v) is 10.9. The number of likely N-dealkylation sites (tertiary alicyclic amines) is 1. The van der Waals surface area contributed by atoms with Crippen molar-refractivity contribution in [2.75, 3.05) is 13.1 Å². The molecule has 3 heteroatoms. The third-order valence-electron chi connectivity index (χ3n) is 4.31. The number of aliphatic hydroxyl groups is 1. The van der Waals surface area contributed by atoms with Gasteiger partial charge in [-0.15, -0.1) is 0 Å². The van der Waals surface area contributed by atoms with Gasteiger partial charge in [0.05, 0.1) is 12.2 Å². The molecule has 0 aromatic rings. The van der Waals surface area contributed by atoms with E-state index in [1.165, 1.54) is 32.1 Å². The minimum atomic E-state index is -0.202. The molecule has 1 aliphatic heterocycles. The van der Waals surface area contributed by atoms with Crippen LogP contribution in [0.4, 0.5) is 0 Å². The number of piperidine rings is 1. The van der Waals surface area contributed by atoms with Gasteiger partial charge < -0.3 is 5.11 Å². The molecular formula is C14H24N2O. The molecule has 0 amide bonds. The predicted molar refractivity (Wildman–Crippen MR) is 67.4 cm³/mol. The zero-order valence-electron chi connectivity index (χ0n) is 10.9. The SMILES string of the molecule is CC(O)CC1CCCCN1CC1(CC#N)CC1. The molecule has 2 fully saturated rings. The van der Waals surface area contributed by atoms with Gasteiger partial charge in [0.2, 0.25) is 0 Å². The molecule has 0 aromatic carbocycles. The molecule has 1 saturated carbocycles. The van der Waals surface area contributed by atoms with E-state index in [1.54, 1.807) is 0 Å². The lowest BCUT2D eigenvalue weighted by Crippen LogP contribution is -2.44. The Labute approximate surface area is 104 Å². The van der Waals surface area contributed by atoms with Gasteiger partial charge in [0.25, 0.3) is 0 Å². The van der Waals surface area contributed by atoms with Gasteiger partial charge in [-0.1, -0.05) is 6.42 Å².